The maximum Gasteiger partial charge on any atom is 0.396 e. The summed E-state index contributed by atoms with van der Waals surface area (Å²) < 4.78 is 92.3. The molecule has 0 atom stereocenters. The number of hydrogen-bond donors (Lipinski definition) is 0. The van der Waals surface area contributed by atoms with E-state index in [9.17, 15) is 40.1 Å². The molecule has 1 fully saturated rings. The molecule has 0 radical (unpaired) electrons. The molecule has 0 heterocycles. The van der Waals surface area contributed by atoms with Crippen molar-refractivity contribution in [2.45, 2.75) is 71.0 Å². The van der Waals surface area contributed by atoms with E-state index >= 15 is 0 Å². The molecule has 1 saturated carbocycles. The van der Waals surface area contributed by atoms with Gasteiger partial charge in [0.2, 0.25) is 0 Å². The molecule has 4 rings (SSSR count). The number of ether oxygens (including phenoxy) is 2. The molecule has 0 unspecified atom stereocenters. The zero-order valence-electron chi connectivity index (χ0n) is 23.7. The Labute approximate surface area is 256 Å². The van der Waals surface area contributed by atoms with Gasteiger partial charge in [-0.25, -0.2) is 8.42 Å². The van der Waals surface area contributed by atoms with Crippen LogP contribution in [0, 0.1) is 5.92 Å². The SMILES string of the molecule is CC(=O)OC1CCC(C(=O)OCCC(F)(F)C(F)(F)S(=O)(=O)[O-])CC1.c1ccc([S+](c2ccccc2)c2ccccc2)cc1. The van der Waals surface area contributed by atoms with Crippen molar-refractivity contribution in [1.82, 2.24) is 0 Å². The van der Waals surface area contributed by atoms with E-state index in [0.29, 0.717) is 12.8 Å². The van der Waals surface area contributed by atoms with E-state index < -0.39 is 52.2 Å². The van der Waals surface area contributed by atoms with Crippen LogP contribution >= 0.6 is 0 Å². The summed E-state index contributed by atoms with van der Waals surface area (Å²) in [6, 6.07) is 32.2. The first-order chi connectivity index (χ1) is 20.7. The lowest BCUT2D eigenvalue weighted by Crippen LogP contribution is -2.47. The van der Waals surface area contributed by atoms with Crippen LogP contribution in [0.25, 0.3) is 0 Å². The zero-order chi connectivity index (χ0) is 32.4. The predicted molar refractivity (Wildman–Crippen MR) is 154 cm³/mol. The van der Waals surface area contributed by atoms with E-state index in [2.05, 4.69) is 95.7 Å². The minimum absolute atomic E-state index is 0.0146. The molecule has 44 heavy (non-hydrogen) atoms. The lowest BCUT2D eigenvalue weighted by atomic mass is 9.87. The molecule has 0 spiro atoms. The van der Waals surface area contributed by atoms with Crippen LogP contribution in [0.2, 0.25) is 0 Å². The van der Waals surface area contributed by atoms with Crippen LogP contribution in [0.15, 0.2) is 106 Å². The van der Waals surface area contributed by atoms with Crippen molar-refractivity contribution in [1.29, 1.82) is 0 Å². The summed E-state index contributed by atoms with van der Waals surface area (Å²) in [7, 11) is -6.58. The summed E-state index contributed by atoms with van der Waals surface area (Å²) in [6.07, 6.45) is -0.914. The lowest BCUT2D eigenvalue weighted by molar-refractivity contribution is -0.176. The number of alkyl halides is 4. The molecule has 3 aromatic carbocycles. The molecule has 1 aliphatic carbocycles. The first-order valence-corrected chi connectivity index (χ1v) is 16.3. The highest BCUT2D eigenvalue weighted by Gasteiger charge is 2.61. The van der Waals surface area contributed by atoms with Crippen LogP contribution in [0.1, 0.15) is 39.0 Å². The third-order valence-electron chi connectivity index (χ3n) is 6.68. The van der Waals surface area contributed by atoms with E-state index in [1.807, 2.05) is 0 Å². The Bertz CT molecular complexity index is 1360. The number of carbonyl (C=O) groups excluding carboxylic acids is 2. The maximum atomic E-state index is 13.2. The molecule has 3 aromatic rings. The maximum absolute atomic E-state index is 13.2. The van der Waals surface area contributed by atoms with Gasteiger partial charge in [0, 0.05) is 6.92 Å². The van der Waals surface area contributed by atoms with Gasteiger partial charge in [-0.15, -0.1) is 0 Å². The van der Waals surface area contributed by atoms with Gasteiger partial charge in [-0.2, -0.15) is 17.6 Å². The second-order valence-corrected chi connectivity index (χ2v) is 13.4. The van der Waals surface area contributed by atoms with Crippen LogP contribution in [0.5, 0.6) is 0 Å². The van der Waals surface area contributed by atoms with E-state index in [-0.39, 0.29) is 29.8 Å². The highest BCUT2D eigenvalue weighted by atomic mass is 32.2. The standard InChI is InChI=1S/C18H15S.C13H18F4O7S/c1-4-10-16(11-5-1)19(17-12-6-2-7-13-17)18-14-8-3-9-15-18;1-8(18)24-10-4-2-9(3-5-10)11(19)23-7-6-12(14,15)13(16,17)25(20,21)22/h1-15H;9-10H,2-7H2,1H3,(H,20,21,22)/q+1;/p-1. The third-order valence-corrected chi connectivity index (χ3v) is 9.83. The number of esters is 2. The van der Waals surface area contributed by atoms with Gasteiger partial charge in [-0.05, 0) is 62.1 Å². The molecule has 0 amide bonds. The van der Waals surface area contributed by atoms with Gasteiger partial charge in [-0.1, -0.05) is 54.6 Å². The van der Waals surface area contributed by atoms with Crippen LogP contribution in [-0.2, 0) is 40.1 Å². The molecular formula is C31H32F4O7S2. The highest BCUT2D eigenvalue weighted by molar-refractivity contribution is 7.97. The second-order valence-electron chi connectivity index (χ2n) is 9.92. The smallest absolute Gasteiger partial charge is 0.396 e. The van der Waals surface area contributed by atoms with Crippen molar-refractivity contribution in [3.05, 3.63) is 91.0 Å². The van der Waals surface area contributed by atoms with Crippen molar-refractivity contribution < 1.29 is 49.6 Å². The van der Waals surface area contributed by atoms with E-state index in [4.69, 9.17) is 4.74 Å². The van der Waals surface area contributed by atoms with Gasteiger partial charge in [0.05, 0.1) is 29.8 Å². The van der Waals surface area contributed by atoms with Crippen LogP contribution < -0.4 is 0 Å². The van der Waals surface area contributed by atoms with Gasteiger partial charge in [0.15, 0.2) is 24.8 Å². The Morgan fingerprint density at radius 3 is 1.57 bits per heavy atom. The number of rotatable bonds is 10. The molecule has 0 saturated heterocycles. The molecule has 13 heteroatoms. The normalized spacial score (nSPS) is 17.2. The quantitative estimate of drug-likeness (QED) is 0.105. The molecule has 0 aliphatic heterocycles. The van der Waals surface area contributed by atoms with Gasteiger partial charge < -0.3 is 14.0 Å². The van der Waals surface area contributed by atoms with Crippen LogP contribution in [0.4, 0.5) is 17.6 Å². The van der Waals surface area contributed by atoms with Crippen molar-refractivity contribution in [3.8, 4) is 0 Å². The summed E-state index contributed by atoms with van der Waals surface area (Å²) >= 11 is 0. The van der Waals surface area contributed by atoms with Gasteiger partial charge in [0.1, 0.15) is 6.10 Å². The minimum atomic E-state index is -6.56. The minimum Gasteiger partial charge on any atom is -0.743 e. The highest BCUT2D eigenvalue weighted by Crippen LogP contribution is 2.40. The molecule has 7 nitrogen and oxygen atoms in total. The summed E-state index contributed by atoms with van der Waals surface area (Å²) in [5, 5.41) is -5.80. The predicted octanol–water partition coefficient (Wildman–Crippen LogP) is 6.60. The molecular weight excluding hydrogens is 624 g/mol. The summed E-state index contributed by atoms with van der Waals surface area (Å²) in [5.41, 5.74) is 0. The molecule has 0 bridgehead atoms. The molecule has 1 aliphatic rings. The van der Waals surface area contributed by atoms with Crippen molar-refractivity contribution >= 4 is 33.0 Å². The largest absolute Gasteiger partial charge is 0.743 e. The summed E-state index contributed by atoms with van der Waals surface area (Å²) in [6.45, 7) is 0.0687. The number of hydrogen-bond acceptors (Lipinski definition) is 7. The summed E-state index contributed by atoms with van der Waals surface area (Å²) in [5.74, 6) is -7.20. The lowest BCUT2D eigenvalue weighted by Gasteiger charge is -2.29. The Balaban J connectivity index is 0.000000248. The Kier molecular flexibility index (Phi) is 12.4. The topological polar surface area (TPSA) is 110 Å². The van der Waals surface area contributed by atoms with E-state index in [1.165, 1.54) is 21.6 Å². The van der Waals surface area contributed by atoms with E-state index in [0.717, 1.165) is 0 Å². The molecule has 238 valence electrons. The average molecular weight is 657 g/mol. The Morgan fingerprint density at radius 1 is 0.795 bits per heavy atom. The fourth-order valence-corrected chi connectivity index (χ4v) is 7.03. The number of benzene rings is 3. The third kappa shape index (κ3) is 9.54. The molecule has 0 aromatic heterocycles. The number of carbonyl (C=O) groups is 2. The average Bonchev–Trinajstić information content (AvgIpc) is 2.99. The van der Waals surface area contributed by atoms with E-state index in [1.54, 1.807) is 0 Å². The number of halogens is 4. The van der Waals surface area contributed by atoms with Crippen LogP contribution in [-0.4, -0.2) is 48.8 Å². The van der Waals surface area contributed by atoms with Crippen molar-refractivity contribution in [2.24, 2.45) is 5.92 Å². The summed E-state index contributed by atoms with van der Waals surface area (Å²) in [4.78, 5) is 26.6. The monoisotopic (exact) mass is 656 g/mol. The molecule has 0 N–H and O–H groups in total. The fourth-order valence-electron chi connectivity index (χ4n) is 4.46. The van der Waals surface area contributed by atoms with Crippen molar-refractivity contribution in [2.75, 3.05) is 6.61 Å². The van der Waals surface area contributed by atoms with Crippen molar-refractivity contribution in [3.63, 3.8) is 0 Å². The zero-order valence-corrected chi connectivity index (χ0v) is 25.4. The fraction of sp³-hybridized carbons (Fsp3) is 0.355. The van der Waals surface area contributed by atoms with Gasteiger partial charge in [-0.3, -0.25) is 9.59 Å². The first-order valence-electron chi connectivity index (χ1n) is 13.7. The van der Waals surface area contributed by atoms with Gasteiger partial charge >= 0.3 is 23.1 Å². The van der Waals surface area contributed by atoms with Crippen LogP contribution in [0.3, 0.4) is 0 Å². The Morgan fingerprint density at radius 2 is 1.20 bits per heavy atom. The first kappa shape index (κ1) is 35.1. The Hall–Kier alpha value is -3.42. The van der Waals surface area contributed by atoms with Gasteiger partial charge in [0.25, 0.3) is 0 Å². The second kappa shape index (κ2) is 15.5.